The summed E-state index contributed by atoms with van der Waals surface area (Å²) in [6, 6.07) is 7.27. The molecule has 2 heterocycles. The summed E-state index contributed by atoms with van der Waals surface area (Å²) in [6.45, 7) is 3.87. The van der Waals surface area contributed by atoms with Crippen LogP contribution in [0.2, 0.25) is 5.02 Å². The summed E-state index contributed by atoms with van der Waals surface area (Å²) in [5, 5.41) is 4.75. The van der Waals surface area contributed by atoms with E-state index in [-0.39, 0.29) is 17.2 Å². The summed E-state index contributed by atoms with van der Waals surface area (Å²) >= 11 is 8.89. The van der Waals surface area contributed by atoms with Crippen molar-refractivity contribution in [2.24, 2.45) is 7.05 Å². The molecule has 3 aromatic rings. The van der Waals surface area contributed by atoms with Gasteiger partial charge < -0.3 is 5.32 Å². The largest absolute Gasteiger partial charge is 0.346 e. The standard InChI is InChI=1S/C17H16ClN3O2S2/c1-9-4-5-11(7-13(9)18)19-14(22)8-24-17-20-15-12(6-10(2)25-15)16(23)21(17)3/h4-7H,8H2,1-3H3,(H,19,22)/p+1. The normalized spacial score (nSPS) is 11.0. The molecule has 0 unspecified atom stereocenters. The second-order valence-electron chi connectivity index (χ2n) is 5.69. The minimum atomic E-state index is -0.159. The second kappa shape index (κ2) is 7.19. The average Bonchev–Trinajstić information content (AvgIpc) is 2.94. The van der Waals surface area contributed by atoms with Gasteiger partial charge in [-0.25, -0.2) is 9.78 Å². The van der Waals surface area contributed by atoms with Gasteiger partial charge in [0.05, 0.1) is 12.8 Å². The van der Waals surface area contributed by atoms with Crippen molar-refractivity contribution in [3.8, 4) is 0 Å². The van der Waals surface area contributed by atoms with E-state index in [0.717, 1.165) is 15.3 Å². The molecule has 0 aliphatic carbocycles. The van der Waals surface area contributed by atoms with Crippen LogP contribution < -0.4 is 15.9 Å². The maximum absolute atomic E-state index is 12.4. The number of benzene rings is 1. The van der Waals surface area contributed by atoms with Crippen LogP contribution in [-0.4, -0.2) is 16.2 Å². The second-order valence-corrected chi connectivity index (χ2v) is 8.32. The van der Waals surface area contributed by atoms with Gasteiger partial charge in [-0.1, -0.05) is 29.0 Å². The Hall–Kier alpha value is -1.83. The van der Waals surface area contributed by atoms with E-state index >= 15 is 0 Å². The maximum Gasteiger partial charge on any atom is 0.346 e. The number of nitrogens with one attached hydrogen (secondary N) is 2. The van der Waals surface area contributed by atoms with E-state index < -0.39 is 0 Å². The Morgan fingerprint density at radius 2 is 2.12 bits per heavy atom. The number of carbonyl (C=O) groups is 1. The summed E-state index contributed by atoms with van der Waals surface area (Å²) in [4.78, 5) is 29.7. The third-order valence-electron chi connectivity index (χ3n) is 3.71. The molecule has 0 spiro atoms. The quantitative estimate of drug-likeness (QED) is 0.544. The third kappa shape index (κ3) is 3.89. The highest BCUT2D eigenvalue weighted by atomic mass is 35.5. The number of aryl methyl sites for hydroxylation is 2. The fourth-order valence-corrected chi connectivity index (χ4v) is 4.29. The lowest BCUT2D eigenvalue weighted by Crippen LogP contribution is -2.27. The number of hydrogen-bond donors (Lipinski definition) is 1. The third-order valence-corrected chi connectivity index (χ3v) is 6.14. The predicted molar refractivity (Wildman–Crippen MR) is 104 cm³/mol. The number of aromatic nitrogens is 2. The molecular formula is C17H17ClN3O2S2+. The predicted octanol–water partition coefficient (Wildman–Crippen LogP) is 3.42. The molecule has 3 rings (SSSR count). The molecule has 0 aliphatic rings. The van der Waals surface area contributed by atoms with Crippen LogP contribution in [0.1, 0.15) is 10.4 Å². The zero-order valence-corrected chi connectivity index (χ0v) is 16.4. The summed E-state index contributed by atoms with van der Waals surface area (Å²) in [7, 11) is 1.70. The highest BCUT2D eigenvalue weighted by Crippen LogP contribution is 2.22. The molecule has 1 amide bonds. The summed E-state index contributed by atoms with van der Waals surface area (Å²) < 4.78 is 1.54. The number of anilines is 1. The molecule has 0 saturated carbocycles. The lowest BCUT2D eigenvalue weighted by atomic mass is 10.2. The first-order valence-corrected chi connectivity index (χ1v) is 9.74. The van der Waals surface area contributed by atoms with Gasteiger partial charge in [-0.3, -0.25) is 4.79 Å². The molecule has 0 radical (unpaired) electrons. The van der Waals surface area contributed by atoms with Crippen LogP contribution in [0.15, 0.2) is 34.2 Å². The number of halogens is 1. The molecule has 2 N–H and O–H groups in total. The van der Waals surface area contributed by atoms with E-state index in [9.17, 15) is 9.59 Å². The number of aromatic amines is 1. The zero-order chi connectivity index (χ0) is 18.1. The topological polar surface area (TPSA) is 65.2 Å². The number of amides is 1. The molecule has 25 heavy (non-hydrogen) atoms. The number of fused-ring (bicyclic) bond motifs is 1. The van der Waals surface area contributed by atoms with Gasteiger partial charge in [0.1, 0.15) is 5.39 Å². The minimum absolute atomic E-state index is 0.0636. The van der Waals surface area contributed by atoms with Crippen LogP contribution in [0.5, 0.6) is 0 Å². The summed E-state index contributed by atoms with van der Waals surface area (Å²) in [5.41, 5.74) is 1.55. The van der Waals surface area contributed by atoms with Crippen LogP contribution in [0.4, 0.5) is 5.69 Å². The van der Waals surface area contributed by atoms with Gasteiger partial charge in [0.15, 0.2) is 4.83 Å². The van der Waals surface area contributed by atoms with Gasteiger partial charge in [0.2, 0.25) is 5.91 Å². The van der Waals surface area contributed by atoms with Crippen molar-refractivity contribution in [3.05, 3.63) is 50.1 Å². The highest BCUT2D eigenvalue weighted by molar-refractivity contribution is 7.99. The number of H-pyrrole nitrogens is 1. The highest BCUT2D eigenvalue weighted by Gasteiger charge is 2.18. The molecule has 0 saturated heterocycles. The van der Waals surface area contributed by atoms with E-state index in [4.69, 9.17) is 11.6 Å². The lowest BCUT2D eigenvalue weighted by molar-refractivity contribution is -0.404. The summed E-state index contributed by atoms with van der Waals surface area (Å²) in [5.74, 6) is 0.0266. The Labute approximate surface area is 158 Å². The molecule has 5 nitrogen and oxygen atoms in total. The van der Waals surface area contributed by atoms with Crippen molar-refractivity contribution in [1.82, 2.24) is 4.57 Å². The van der Waals surface area contributed by atoms with Gasteiger partial charge in [-0.2, -0.15) is 4.57 Å². The monoisotopic (exact) mass is 394 g/mol. The number of rotatable bonds is 4. The van der Waals surface area contributed by atoms with E-state index in [2.05, 4.69) is 10.3 Å². The maximum atomic E-state index is 12.4. The van der Waals surface area contributed by atoms with E-state index in [1.54, 1.807) is 13.1 Å². The molecule has 0 aliphatic heterocycles. The number of thiophene rings is 1. The fourth-order valence-electron chi connectivity index (χ4n) is 2.35. The first kappa shape index (κ1) is 18.0. The molecule has 130 valence electrons. The van der Waals surface area contributed by atoms with Crippen LogP contribution in [0, 0.1) is 13.8 Å². The molecular weight excluding hydrogens is 378 g/mol. The van der Waals surface area contributed by atoms with Crippen LogP contribution in [-0.2, 0) is 11.8 Å². The number of nitrogens with zero attached hydrogens (tertiary/aromatic N) is 1. The minimum Gasteiger partial charge on any atom is -0.325 e. The van der Waals surface area contributed by atoms with E-state index in [1.165, 1.54) is 27.7 Å². The summed E-state index contributed by atoms with van der Waals surface area (Å²) in [6.07, 6.45) is 0. The van der Waals surface area contributed by atoms with Crippen molar-refractivity contribution >= 4 is 56.5 Å². The lowest BCUT2D eigenvalue weighted by Gasteiger charge is -2.06. The van der Waals surface area contributed by atoms with Crippen LogP contribution >= 0.6 is 34.7 Å². The molecule has 0 atom stereocenters. The first-order valence-electron chi connectivity index (χ1n) is 7.56. The fraction of sp³-hybridized carbons (Fsp3) is 0.235. The van der Waals surface area contributed by atoms with Gasteiger partial charge in [0, 0.05) is 15.6 Å². The van der Waals surface area contributed by atoms with Gasteiger partial charge >= 0.3 is 10.7 Å². The number of carbonyl (C=O) groups excluding carboxylic acids is 1. The van der Waals surface area contributed by atoms with E-state index in [1.807, 2.05) is 32.0 Å². The molecule has 0 bridgehead atoms. The van der Waals surface area contributed by atoms with E-state index in [0.29, 0.717) is 21.3 Å². The Morgan fingerprint density at radius 3 is 2.84 bits per heavy atom. The molecule has 2 aromatic heterocycles. The van der Waals surface area contributed by atoms with Crippen LogP contribution in [0.25, 0.3) is 10.2 Å². The average molecular weight is 395 g/mol. The SMILES string of the molecule is Cc1cc2c(=O)n(C)c(SCC(=O)Nc3ccc(C)c(Cl)c3)[nH+]c2s1. The Kier molecular flexibility index (Phi) is 5.17. The van der Waals surface area contributed by atoms with Gasteiger partial charge in [0.25, 0.3) is 0 Å². The zero-order valence-electron chi connectivity index (χ0n) is 14.0. The van der Waals surface area contributed by atoms with Crippen molar-refractivity contribution in [3.63, 3.8) is 0 Å². The Balaban J connectivity index is 1.73. The molecule has 8 heteroatoms. The van der Waals surface area contributed by atoms with Gasteiger partial charge in [-0.15, -0.1) is 0 Å². The van der Waals surface area contributed by atoms with Crippen LogP contribution in [0.3, 0.4) is 0 Å². The smallest absolute Gasteiger partial charge is 0.325 e. The Bertz CT molecular complexity index is 1030. The van der Waals surface area contributed by atoms with Crippen molar-refractivity contribution in [1.29, 1.82) is 0 Å². The van der Waals surface area contributed by atoms with Gasteiger partial charge in [-0.05, 0) is 49.4 Å². The molecule has 0 fully saturated rings. The number of thioether (sulfide) groups is 1. The van der Waals surface area contributed by atoms with Crippen molar-refractivity contribution < 1.29 is 9.78 Å². The van der Waals surface area contributed by atoms with Crippen molar-refractivity contribution in [2.75, 3.05) is 11.1 Å². The number of hydrogen-bond acceptors (Lipinski definition) is 4. The first-order chi connectivity index (χ1) is 11.8. The molecule has 1 aromatic carbocycles. The Morgan fingerprint density at radius 1 is 1.36 bits per heavy atom. The van der Waals surface area contributed by atoms with Crippen molar-refractivity contribution in [2.45, 2.75) is 19.0 Å².